The molecule has 0 aliphatic carbocycles. The number of carboxylic acid groups (broad SMARTS) is 1. The molecule has 0 atom stereocenters. The van der Waals surface area contributed by atoms with Crippen molar-refractivity contribution >= 4 is 35.1 Å². The number of halogens is 2. The fourth-order valence-corrected chi connectivity index (χ4v) is 4.34. The maximum atomic E-state index is 12.5. The number of amides is 1. The van der Waals surface area contributed by atoms with Crippen molar-refractivity contribution in [3.05, 3.63) is 69.2 Å². The highest BCUT2D eigenvalue weighted by Crippen LogP contribution is 2.24. The highest BCUT2D eigenvalue weighted by molar-refractivity contribution is 6.42. The van der Waals surface area contributed by atoms with E-state index in [0.29, 0.717) is 35.2 Å². The Hall–Kier alpha value is -2.12. The van der Waals surface area contributed by atoms with Crippen molar-refractivity contribution in [2.24, 2.45) is 0 Å². The molecule has 0 saturated carbocycles. The molecule has 0 aromatic heterocycles. The van der Waals surface area contributed by atoms with Crippen LogP contribution >= 0.6 is 23.2 Å². The van der Waals surface area contributed by atoms with Crippen molar-refractivity contribution in [3.63, 3.8) is 0 Å². The number of rotatable bonds is 19. The van der Waals surface area contributed by atoms with Crippen molar-refractivity contribution in [2.45, 2.75) is 84.2 Å². The molecular formula is C29H40Cl2N2O4. The first-order valence-electron chi connectivity index (χ1n) is 13.3. The van der Waals surface area contributed by atoms with Crippen LogP contribution in [-0.2, 0) is 22.7 Å². The predicted octanol–water partition coefficient (Wildman–Crippen LogP) is 7.66. The van der Waals surface area contributed by atoms with Gasteiger partial charge < -0.3 is 10.4 Å². The molecule has 8 heteroatoms. The molecule has 0 spiro atoms. The summed E-state index contributed by atoms with van der Waals surface area (Å²) < 4.78 is 0. The first-order valence-corrected chi connectivity index (χ1v) is 14.1. The van der Waals surface area contributed by atoms with Gasteiger partial charge >= 0.3 is 5.97 Å². The Kier molecular flexibility index (Phi) is 15.3. The summed E-state index contributed by atoms with van der Waals surface area (Å²) in [5.41, 5.74) is 2.32. The maximum Gasteiger partial charge on any atom is 0.331 e. The lowest BCUT2D eigenvalue weighted by Crippen LogP contribution is -2.26. The smallest absolute Gasteiger partial charge is 0.331 e. The standard InChI is InChI=1S/C29H40Cl2N2O4/c1-2-3-4-5-6-7-8-9-10-11-18-32-29(36)25-15-12-23(13-16-25)20-33(37-22-28(34)35)21-24-14-17-26(30)27(31)19-24/h12-17,19H,2-11,18,20-22H2,1H3,(H,32,36)(H,34,35). The third-order valence-electron chi connectivity index (χ3n) is 6.10. The minimum Gasteiger partial charge on any atom is -0.479 e. The molecule has 2 N–H and O–H groups in total. The van der Waals surface area contributed by atoms with E-state index in [1.54, 1.807) is 29.3 Å². The average molecular weight is 552 g/mol. The lowest BCUT2D eigenvalue weighted by Gasteiger charge is -2.21. The monoisotopic (exact) mass is 550 g/mol. The molecule has 6 nitrogen and oxygen atoms in total. The molecule has 204 valence electrons. The van der Waals surface area contributed by atoms with Gasteiger partial charge in [0.25, 0.3) is 5.91 Å². The number of hydrogen-bond donors (Lipinski definition) is 2. The Labute approximate surface area is 231 Å². The molecule has 0 aliphatic heterocycles. The van der Waals surface area contributed by atoms with Crippen LogP contribution in [0.2, 0.25) is 10.0 Å². The molecule has 0 unspecified atom stereocenters. The number of carbonyl (C=O) groups is 2. The van der Waals surface area contributed by atoms with E-state index < -0.39 is 12.6 Å². The molecule has 0 radical (unpaired) electrons. The number of carbonyl (C=O) groups excluding carboxylic acids is 1. The largest absolute Gasteiger partial charge is 0.479 e. The van der Waals surface area contributed by atoms with E-state index in [9.17, 15) is 9.59 Å². The fraction of sp³-hybridized carbons (Fsp3) is 0.517. The van der Waals surface area contributed by atoms with Gasteiger partial charge in [0.05, 0.1) is 10.0 Å². The number of hydrogen-bond acceptors (Lipinski definition) is 4. The van der Waals surface area contributed by atoms with Crippen LogP contribution in [-0.4, -0.2) is 35.2 Å². The van der Waals surface area contributed by atoms with E-state index >= 15 is 0 Å². The summed E-state index contributed by atoms with van der Waals surface area (Å²) in [6, 6.07) is 12.5. The molecule has 2 rings (SSSR count). The van der Waals surface area contributed by atoms with Crippen molar-refractivity contribution in [3.8, 4) is 0 Å². The summed E-state index contributed by atoms with van der Waals surface area (Å²) >= 11 is 12.1. The van der Waals surface area contributed by atoms with Crippen LogP contribution in [0.25, 0.3) is 0 Å². The van der Waals surface area contributed by atoms with Gasteiger partial charge in [0.1, 0.15) is 0 Å². The molecule has 0 aliphatic rings. The molecule has 0 fully saturated rings. The Morgan fingerprint density at radius 2 is 1.38 bits per heavy atom. The second-order valence-electron chi connectivity index (χ2n) is 9.35. The lowest BCUT2D eigenvalue weighted by molar-refractivity contribution is -0.190. The van der Waals surface area contributed by atoms with Gasteiger partial charge in [0.15, 0.2) is 6.61 Å². The van der Waals surface area contributed by atoms with E-state index in [-0.39, 0.29) is 5.91 Å². The van der Waals surface area contributed by atoms with Gasteiger partial charge in [-0.25, -0.2) is 4.79 Å². The molecular weight excluding hydrogens is 511 g/mol. The van der Waals surface area contributed by atoms with E-state index in [0.717, 1.165) is 24.0 Å². The van der Waals surface area contributed by atoms with Crippen molar-refractivity contribution in [2.75, 3.05) is 13.2 Å². The second kappa shape index (κ2) is 18.2. The highest BCUT2D eigenvalue weighted by atomic mass is 35.5. The third kappa shape index (κ3) is 13.3. The zero-order valence-corrected chi connectivity index (χ0v) is 23.3. The van der Waals surface area contributed by atoms with E-state index in [4.69, 9.17) is 33.1 Å². The number of hydroxylamine groups is 2. The Morgan fingerprint density at radius 3 is 1.97 bits per heavy atom. The number of nitrogens with one attached hydrogen (secondary N) is 1. The Morgan fingerprint density at radius 1 is 0.811 bits per heavy atom. The molecule has 0 heterocycles. The fourth-order valence-electron chi connectivity index (χ4n) is 4.02. The summed E-state index contributed by atoms with van der Waals surface area (Å²) in [5, 5.41) is 14.4. The van der Waals surface area contributed by atoms with E-state index in [1.807, 2.05) is 18.2 Å². The van der Waals surface area contributed by atoms with Crippen molar-refractivity contribution < 1.29 is 19.5 Å². The molecule has 0 bridgehead atoms. The first-order chi connectivity index (χ1) is 17.9. The SMILES string of the molecule is CCCCCCCCCCCCNC(=O)c1ccc(CN(Cc2ccc(Cl)c(Cl)c2)OCC(=O)O)cc1. The number of aliphatic carboxylic acids is 1. The number of benzene rings is 2. The van der Waals surface area contributed by atoms with Gasteiger partial charge in [-0.05, 0) is 41.8 Å². The number of unbranched alkanes of at least 4 members (excludes halogenated alkanes) is 9. The zero-order valence-electron chi connectivity index (χ0n) is 21.8. The van der Waals surface area contributed by atoms with Crippen LogP contribution in [0.4, 0.5) is 0 Å². The highest BCUT2D eigenvalue weighted by Gasteiger charge is 2.12. The van der Waals surface area contributed by atoms with Gasteiger partial charge in [0.2, 0.25) is 0 Å². The Balaban J connectivity index is 1.74. The van der Waals surface area contributed by atoms with Crippen LogP contribution in [0.5, 0.6) is 0 Å². The van der Waals surface area contributed by atoms with Crippen LogP contribution in [0.3, 0.4) is 0 Å². The van der Waals surface area contributed by atoms with Crippen molar-refractivity contribution in [1.82, 2.24) is 10.4 Å². The molecule has 37 heavy (non-hydrogen) atoms. The van der Waals surface area contributed by atoms with Gasteiger partial charge in [-0.15, -0.1) is 0 Å². The minimum atomic E-state index is -1.06. The Bertz CT molecular complexity index is 953. The molecule has 0 saturated heterocycles. The molecule has 2 aromatic carbocycles. The van der Waals surface area contributed by atoms with Crippen LogP contribution in [0.1, 0.15) is 92.6 Å². The maximum absolute atomic E-state index is 12.5. The summed E-state index contributed by atoms with van der Waals surface area (Å²) in [4.78, 5) is 29.0. The normalized spacial score (nSPS) is 11.1. The van der Waals surface area contributed by atoms with Crippen LogP contribution in [0.15, 0.2) is 42.5 Å². The summed E-state index contributed by atoms with van der Waals surface area (Å²) in [6.07, 6.45) is 12.6. The van der Waals surface area contributed by atoms with Crippen LogP contribution < -0.4 is 5.32 Å². The van der Waals surface area contributed by atoms with Gasteiger partial charge in [-0.1, -0.05) is 106 Å². The van der Waals surface area contributed by atoms with Crippen molar-refractivity contribution in [1.29, 1.82) is 0 Å². The number of nitrogens with zero attached hydrogens (tertiary/aromatic N) is 1. The molecule has 1 amide bonds. The van der Waals surface area contributed by atoms with Gasteiger partial charge in [-0.3, -0.25) is 9.63 Å². The quantitative estimate of drug-likeness (QED) is 0.138. The zero-order chi connectivity index (χ0) is 26.9. The summed E-state index contributed by atoms with van der Waals surface area (Å²) in [7, 11) is 0. The van der Waals surface area contributed by atoms with Gasteiger partial charge in [0, 0.05) is 25.2 Å². The summed E-state index contributed by atoms with van der Waals surface area (Å²) in [5.74, 6) is -1.15. The lowest BCUT2D eigenvalue weighted by atomic mass is 10.1. The topological polar surface area (TPSA) is 78.9 Å². The third-order valence-corrected chi connectivity index (χ3v) is 6.84. The number of carboxylic acids is 1. The first kappa shape index (κ1) is 31.1. The summed E-state index contributed by atoms with van der Waals surface area (Å²) in [6.45, 7) is 3.13. The second-order valence-corrected chi connectivity index (χ2v) is 10.2. The predicted molar refractivity (Wildman–Crippen MR) is 150 cm³/mol. The van der Waals surface area contributed by atoms with E-state index in [2.05, 4.69) is 12.2 Å². The van der Waals surface area contributed by atoms with Crippen LogP contribution in [0, 0.1) is 0 Å². The minimum absolute atomic E-state index is 0.0859. The van der Waals surface area contributed by atoms with Gasteiger partial charge in [-0.2, -0.15) is 5.06 Å². The van der Waals surface area contributed by atoms with E-state index in [1.165, 1.54) is 51.4 Å². The average Bonchev–Trinajstić information content (AvgIpc) is 2.88. The molecule has 2 aromatic rings.